The summed E-state index contributed by atoms with van der Waals surface area (Å²) in [4.78, 5) is 11.1. The molecule has 0 aliphatic heterocycles. The highest BCUT2D eigenvalue weighted by Gasteiger charge is 2.29. The molecule has 0 aromatic heterocycles. The van der Waals surface area contributed by atoms with Crippen LogP contribution in [-0.2, 0) is 11.2 Å². The average Bonchev–Trinajstić information content (AvgIpc) is 2.38. The van der Waals surface area contributed by atoms with Crippen LogP contribution in [0.5, 0.6) is 0 Å². The van der Waals surface area contributed by atoms with E-state index >= 15 is 0 Å². The maximum atomic E-state index is 11.1. The molecule has 0 fully saturated rings. The van der Waals surface area contributed by atoms with Gasteiger partial charge >= 0.3 is 5.97 Å². The van der Waals surface area contributed by atoms with Gasteiger partial charge in [0.1, 0.15) is 0 Å². The molecule has 1 aromatic rings. The predicted molar refractivity (Wildman–Crippen MR) is 66.7 cm³/mol. The molecule has 1 aromatic carbocycles. The van der Waals surface area contributed by atoms with Gasteiger partial charge in [0.25, 0.3) is 0 Å². The molecule has 1 atom stereocenters. The molecule has 0 radical (unpaired) electrons. The van der Waals surface area contributed by atoms with Crippen LogP contribution in [0.25, 0.3) is 5.57 Å². The number of benzene rings is 1. The maximum Gasteiger partial charge on any atom is 0.306 e. The standard InChI is InChI=1S/C15H16O2/c16-15(17)12-7-8-14-11(9-12)6-5-10-3-1-2-4-13(10)14/h1-4,12H,5-9H2,(H,16,17). The van der Waals surface area contributed by atoms with Gasteiger partial charge in [-0.1, -0.05) is 29.8 Å². The van der Waals surface area contributed by atoms with E-state index in [1.807, 2.05) is 0 Å². The second kappa shape index (κ2) is 4.02. The van der Waals surface area contributed by atoms with Gasteiger partial charge in [0.2, 0.25) is 0 Å². The van der Waals surface area contributed by atoms with Crippen LogP contribution in [0.2, 0.25) is 0 Å². The number of aryl methyl sites for hydroxylation is 1. The summed E-state index contributed by atoms with van der Waals surface area (Å²) in [7, 11) is 0. The Labute approximate surface area is 101 Å². The molecule has 0 saturated carbocycles. The van der Waals surface area contributed by atoms with Crippen molar-refractivity contribution >= 4 is 11.5 Å². The van der Waals surface area contributed by atoms with Crippen molar-refractivity contribution in [3.63, 3.8) is 0 Å². The third kappa shape index (κ3) is 1.78. The minimum absolute atomic E-state index is 0.154. The van der Waals surface area contributed by atoms with Crippen LogP contribution in [0.4, 0.5) is 0 Å². The minimum Gasteiger partial charge on any atom is -0.481 e. The molecule has 2 nitrogen and oxygen atoms in total. The first-order valence-electron chi connectivity index (χ1n) is 6.27. The molecular weight excluding hydrogens is 212 g/mol. The van der Waals surface area contributed by atoms with Gasteiger partial charge in [-0.15, -0.1) is 0 Å². The van der Waals surface area contributed by atoms with Gasteiger partial charge < -0.3 is 5.11 Å². The zero-order chi connectivity index (χ0) is 11.8. The monoisotopic (exact) mass is 228 g/mol. The Morgan fingerprint density at radius 1 is 1.18 bits per heavy atom. The number of aliphatic carboxylic acids is 1. The maximum absolute atomic E-state index is 11.1. The van der Waals surface area contributed by atoms with Gasteiger partial charge in [0.15, 0.2) is 0 Å². The number of hydrogen-bond donors (Lipinski definition) is 1. The normalized spacial score (nSPS) is 22.9. The molecule has 3 rings (SSSR count). The zero-order valence-electron chi connectivity index (χ0n) is 9.78. The first-order valence-corrected chi connectivity index (χ1v) is 6.27. The van der Waals surface area contributed by atoms with E-state index in [0.717, 1.165) is 32.1 Å². The summed E-state index contributed by atoms with van der Waals surface area (Å²) < 4.78 is 0. The molecule has 1 N–H and O–H groups in total. The quantitative estimate of drug-likeness (QED) is 0.801. The smallest absolute Gasteiger partial charge is 0.306 e. The molecule has 17 heavy (non-hydrogen) atoms. The van der Waals surface area contributed by atoms with E-state index in [9.17, 15) is 4.79 Å². The summed E-state index contributed by atoms with van der Waals surface area (Å²) in [6.07, 6.45) is 4.61. The number of carboxylic acid groups (broad SMARTS) is 1. The lowest BCUT2D eigenvalue weighted by Gasteiger charge is -2.30. The molecule has 2 heteroatoms. The van der Waals surface area contributed by atoms with E-state index in [4.69, 9.17) is 5.11 Å². The van der Waals surface area contributed by atoms with Crippen molar-refractivity contribution in [1.82, 2.24) is 0 Å². The van der Waals surface area contributed by atoms with Crippen LogP contribution in [-0.4, -0.2) is 11.1 Å². The molecule has 0 amide bonds. The SMILES string of the molecule is O=C(O)C1CCC2=C(CCc3ccccc32)C1. The summed E-state index contributed by atoms with van der Waals surface area (Å²) in [6, 6.07) is 8.55. The van der Waals surface area contributed by atoms with Crippen LogP contribution in [0, 0.1) is 5.92 Å². The minimum atomic E-state index is -0.629. The van der Waals surface area contributed by atoms with Crippen molar-refractivity contribution in [1.29, 1.82) is 0 Å². The summed E-state index contributed by atoms with van der Waals surface area (Å²) in [6.45, 7) is 0. The number of hydrogen-bond acceptors (Lipinski definition) is 1. The lowest BCUT2D eigenvalue weighted by Crippen LogP contribution is -2.21. The fourth-order valence-electron chi connectivity index (χ4n) is 3.13. The second-order valence-corrected chi connectivity index (χ2v) is 5.02. The van der Waals surface area contributed by atoms with E-state index in [1.54, 1.807) is 0 Å². The van der Waals surface area contributed by atoms with Gasteiger partial charge in [0, 0.05) is 0 Å². The summed E-state index contributed by atoms with van der Waals surface area (Å²) >= 11 is 0. The predicted octanol–water partition coefficient (Wildman–Crippen LogP) is 3.27. The van der Waals surface area contributed by atoms with Gasteiger partial charge in [-0.3, -0.25) is 4.79 Å². The van der Waals surface area contributed by atoms with Gasteiger partial charge in [0.05, 0.1) is 5.92 Å². The Hall–Kier alpha value is -1.57. The van der Waals surface area contributed by atoms with Crippen LogP contribution < -0.4 is 0 Å². The van der Waals surface area contributed by atoms with Crippen LogP contribution in [0.15, 0.2) is 29.8 Å². The molecule has 88 valence electrons. The van der Waals surface area contributed by atoms with Crippen molar-refractivity contribution in [2.24, 2.45) is 5.92 Å². The lowest BCUT2D eigenvalue weighted by molar-refractivity contribution is -0.142. The fourth-order valence-corrected chi connectivity index (χ4v) is 3.13. The Kier molecular flexibility index (Phi) is 2.50. The Morgan fingerprint density at radius 3 is 2.82 bits per heavy atom. The van der Waals surface area contributed by atoms with Gasteiger partial charge in [-0.25, -0.2) is 0 Å². The van der Waals surface area contributed by atoms with Gasteiger partial charge in [-0.05, 0) is 48.8 Å². The molecule has 2 aliphatic rings. The molecule has 0 saturated heterocycles. The first kappa shape index (κ1) is 10.6. The first-order chi connectivity index (χ1) is 8.25. The second-order valence-electron chi connectivity index (χ2n) is 5.02. The average molecular weight is 228 g/mol. The van der Waals surface area contributed by atoms with Crippen molar-refractivity contribution in [2.75, 3.05) is 0 Å². The molecule has 2 aliphatic carbocycles. The third-order valence-corrected chi connectivity index (χ3v) is 4.05. The van der Waals surface area contributed by atoms with Crippen molar-refractivity contribution in [3.8, 4) is 0 Å². The van der Waals surface area contributed by atoms with Gasteiger partial charge in [-0.2, -0.15) is 0 Å². The number of allylic oxidation sites excluding steroid dienone is 2. The molecule has 0 spiro atoms. The Morgan fingerprint density at radius 2 is 2.00 bits per heavy atom. The number of carboxylic acids is 1. The molecular formula is C15H16O2. The summed E-state index contributed by atoms with van der Waals surface area (Å²) in [5.41, 5.74) is 5.63. The highest BCUT2D eigenvalue weighted by Crippen LogP contribution is 2.41. The lowest BCUT2D eigenvalue weighted by atomic mass is 9.75. The fraction of sp³-hybridized carbons (Fsp3) is 0.400. The van der Waals surface area contributed by atoms with Crippen molar-refractivity contribution in [3.05, 3.63) is 41.0 Å². The third-order valence-electron chi connectivity index (χ3n) is 4.05. The zero-order valence-corrected chi connectivity index (χ0v) is 9.78. The molecule has 0 heterocycles. The van der Waals surface area contributed by atoms with E-state index in [1.165, 1.54) is 22.3 Å². The summed E-state index contributed by atoms with van der Waals surface area (Å²) in [5.74, 6) is -0.783. The molecule has 0 bridgehead atoms. The van der Waals surface area contributed by atoms with E-state index in [2.05, 4.69) is 24.3 Å². The van der Waals surface area contributed by atoms with E-state index < -0.39 is 5.97 Å². The van der Waals surface area contributed by atoms with E-state index in [-0.39, 0.29) is 5.92 Å². The number of fused-ring (bicyclic) bond motifs is 2. The topological polar surface area (TPSA) is 37.3 Å². The number of rotatable bonds is 1. The van der Waals surface area contributed by atoms with Crippen LogP contribution in [0.1, 0.15) is 36.8 Å². The Bertz CT molecular complexity index is 499. The van der Waals surface area contributed by atoms with Crippen molar-refractivity contribution < 1.29 is 9.90 Å². The van der Waals surface area contributed by atoms with Crippen molar-refractivity contribution in [2.45, 2.75) is 32.1 Å². The van der Waals surface area contributed by atoms with Crippen LogP contribution >= 0.6 is 0 Å². The van der Waals surface area contributed by atoms with E-state index in [0.29, 0.717) is 0 Å². The Balaban J connectivity index is 1.98. The highest BCUT2D eigenvalue weighted by atomic mass is 16.4. The highest BCUT2D eigenvalue weighted by molar-refractivity contribution is 5.78. The largest absolute Gasteiger partial charge is 0.481 e. The van der Waals surface area contributed by atoms with Crippen LogP contribution in [0.3, 0.4) is 0 Å². The molecule has 1 unspecified atom stereocenters. The summed E-state index contributed by atoms with van der Waals surface area (Å²) in [5, 5.41) is 9.10. The number of carbonyl (C=O) groups is 1.